The van der Waals surface area contributed by atoms with Crippen molar-refractivity contribution in [3.63, 3.8) is 0 Å². The van der Waals surface area contributed by atoms with Crippen LogP contribution in [-0.4, -0.2) is 32.0 Å². The zero-order chi connectivity index (χ0) is 18.9. The fourth-order valence-corrected chi connectivity index (χ4v) is 5.10. The lowest BCUT2D eigenvalue weighted by atomic mass is 10.0. The second-order valence-electron chi connectivity index (χ2n) is 8.59. The summed E-state index contributed by atoms with van der Waals surface area (Å²) in [4.78, 5) is 18.0. The van der Waals surface area contributed by atoms with Crippen LogP contribution in [0.3, 0.4) is 0 Å². The van der Waals surface area contributed by atoms with E-state index < -0.39 is 0 Å². The maximum atomic E-state index is 12.9. The third-order valence-corrected chi connectivity index (χ3v) is 6.73. The molecule has 3 aliphatic rings. The summed E-state index contributed by atoms with van der Waals surface area (Å²) < 4.78 is 0. The smallest absolute Gasteiger partial charge is 0.194 e. The van der Waals surface area contributed by atoms with E-state index in [-0.39, 0.29) is 5.78 Å². The van der Waals surface area contributed by atoms with Crippen molar-refractivity contribution in [3.05, 3.63) is 47.5 Å². The molecule has 0 saturated carbocycles. The van der Waals surface area contributed by atoms with Crippen LogP contribution >= 0.6 is 0 Å². The average Bonchev–Trinajstić information content (AvgIpc) is 3.05. The van der Waals surface area contributed by atoms with Crippen LogP contribution in [-0.2, 0) is 0 Å². The molecule has 28 heavy (non-hydrogen) atoms. The van der Waals surface area contributed by atoms with Crippen molar-refractivity contribution in [1.29, 1.82) is 0 Å². The number of hydrogen-bond acceptors (Lipinski definition) is 3. The van der Waals surface area contributed by atoms with E-state index in [0.717, 1.165) is 48.4 Å². The lowest BCUT2D eigenvalue weighted by Gasteiger charge is -2.24. The minimum absolute atomic E-state index is 0.190. The van der Waals surface area contributed by atoms with Gasteiger partial charge in [-0.3, -0.25) is 4.79 Å². The molecule has 1 aliphatic carbocycles. The highest BCUT2D eigenvalue weighted by Crippen LogP contribution is 2.41. The molecule has 2 saturated heterocycles. The molecule has 0 bridgehead atoms. The Balaban J connectivity index is 1.51. The average molecular weight is 375 g/mol. The number of ketones is 1. The number of nitrogens with zero attached hydrogens (tertiary/aromatic N) is 2. The quantitative estimate of drug-likeness (QED) is 0.578. The Kier molecular flexibility index (Phi) is 4.84. The highest BCUT2D eigenvalue weighted by atomic mass is 16.1. The SMILES string of the molecule is O=C1c2ccc(N3CCCCCC3)cc2-c2cc(N3CCCCCC3)ccc21. The van der Waals surface area contributed by atoms with E-state index in [2.05, 4.69) is 46.2 Å². The number of rotatable bonds is 2. The lowest BCUT2D eigenvalue weighted by molar-refractivity contribution is 0.104. The zero-order valence-corrected chi connectivity index (χ0v) is 16.8. The second kappa shape index (κ2) is 7.62. The van der Waals surface area contributed by atoms with E-state index in [0.29, 0.717) is 0 Å². The number of anilines is 2. The van der Waals surface area contributed by atoms with Crippen molar-refractivity contribution in [1.82, 2.24) is 0 Å². The van der Waals surface area contributed by atoms with Crippen molar-refractivity contribution in [2.24, 2.45) is 0 Å². The summed E-state index contributed by atoms with van der Waals surface area (Å²) >= 11 is 0. The number of hydrogen-bond donors (Lipinski definition) is 0. The Labute approximate surface area is 168 Å². The van der Waals surface area contributed by atoms with Crippen molar-refractivity contribution in [2.45, 2.75) is 51.4 Å². The Morgan fingerprint density at radius 3 is 1.29 bits per heavy atom. The summed E-state index contributed by atoms with van der Waals surface area (Å²) in [5.74, 6) is 0.190. The second-order valence-corrected chi connectivity index (χ2v) is 8.59. The van der Waals surface area contributed by atoms with Gasteiger partial charge in [-0.05, 0) is 73.2 Å². The number of fused-ring (bicyclic) bond motifs is 3. The first-order valence-corrected chi connectivity index (χ1v) is 11.1. The molecule has 0 unspecified atom stereocenters. The molecule has 0 atom stereocenters. The van der Waals surface area contributed by atoms with Gasteiger partial charge in [-0.1, -0.05) is 25.7 Å². The van der Waals surface area contributed by atoms with Gasteiger partial charge < -0.3 is 9.80 Å². The maximum absolute atomic E-state index is 12.9. The van der Waals surface area contributed by atoms with E-state index >= 15 is 0 Å². The van der Waals surface area contributed by atoms with Gasteiger partial charge in [-0.2, -0.15) is 0 Å². The Hall–Kier alpha value is -2.29. The zero-order valence-electron chi connectivity index (χ0n) is 16.8. The van der Waals surface area contributed by atoms with Gasteiger partial charge in [-0.15, -0.1) is 0 Å². The molecule has 0 aromatic heterocycles. The number of benzene rings is 2. The first kappa shape index (κ1) is 17.8. The van der Waals surface area contributed by atoms with Gasteiger partial charge >= 0.3 is 0 Å². The first-order chi connectivity index (χ1) is 13.8. The molecule has 2 aliphatic heterocycles. The summed E-state index contributed by atoms with van der Waals surface area (Å²) in [5, 5.41) is 0. The van der Waals surface area contributed by atoms with E-state index in [4.69, 9.17) is 0 Å². The highest BCUT2D eigenvalue weighted by molar-refractivity contribution is 6.22. The van der Waals surface area contributed by atoms with Crippen LogP contribution < -0.4 is 9.80 Å². The van der Waals surface area contributed by atoms with Crippen LogP contribution in [0.2, 0.25) is 0 Å². The van der Waals surface area contributed by atoms with Crippen molar-refractivity contribution >= 4 is 17.2 Å². The standard InChI is InChI=1S/C25H30N2O/c28-25-21-11-9-19(26-13-5-1-2-6-14-26)17-23(21)24-18-20(10-12-22(24)25)27-15-7-3-4-8-16-27/h9-12,17-18H,1-8,13-16H2. The van der Waals surface area contributed by atoms with E-state index in [1.807, 2.05) is 0 Å². The molecule has 146 valence electrons. The van der Waals surface area contributed by atoms with Crippen LogP contribution in [0.15, 0.2) is 36.4 Å². The first-order valence-electron chi connectivity index (χ1n) is 11.1. The normalized spacial score (nSPS) is 19.8. The van der Waals surface area contributed by atoms with Gasteiger partial charge in [0.1, 0.15) is 0 Å². The van der Waals surface area contributed by atoms with Gasteiger partial charge in [0.25, 0.3) is 0 Å². The molecule has 2 heterocycles. The highest BCUT2D eigenvalue weighted by Gasteiger charge is 2.28. The molecule has 0 spiro atoms. The predicted molar refractivity (Wildman–Crippen MR) is 117 cm³/mol. The van der Waals surface area contributed by atoms with E-state index in [1.165, 1.54) is 62.7 Å². The van der Waals surface area contributed by atoms with Gasteiger partial charge in [0.2, 0.25) is 0 Å². The third kappa shape index (κ3) is 3.21. The topological polar surface area (TPSA) is 23.6 Å². The fraction of sp³-hybridized carbons (Fsp3) is 0.480. The Bertz CT molecular complexity index is 801. The monoisotopic (exact) mass is 374 g/mol. The van der Waals surface area contributed by atoms with Crippen LogP contribution in [0.5, 0.6) is 0 Å². The fourth-order valence-electron chi connectivity index (χ4n) is 5.10. The Morgan fingerprint density at radius 1 is 0.500 bits per heavy atom. The van der Waals surface area contributed by atoms with Crippen LogP contribution in [0.1, 0.15) is 67.3 Å². The third-order valence-electron chi connectivity index (χ3n) is 6.73. The summed E-state index contributed by atoms with van der Waals surface area (Å²) in [7, 11) is 0. The van der Waals surface area contributed by atoms with Gasteiger partial charge in [-0.25, -0.2) is 0 Å². The molecular weight excluding hydrogens is 344 g/mol. The van der Waals surface area contributed by atoms with Crippen molar-refractivity contribution in [3.8, 4) is 11.1 Å². The summed E-state index contributed by atoms with van der Waals surface area (Å²) in [5.41, 5.74) is 6.59. The lowest BCUT2D eigenvalue weighted by Crippen LogP contribution is -2.24. The summed E-state index contributed by atoms with van der Waals surface area (Å²) in [6, 6.07) is 13.0. The molecule has 3 heteroatoms. The summed E-state index contributed by atoms with van der Waals surface area (Å²) in [6.07, 6.45) is 10.4. The minimum atomic E-state index is 0.190. The number of carbonyl (C=O) groups excluding carboxylic acids is 1. The maximum Gasteiger partial charge on any atom is 0.194 e. The predicted octanol–water partition coefficient (Wildman–Crippen LogP) is 5.66. The van der Waals surface area contributed by atoms with Gasteiger partial charge in [0.05, 0.1) is 0 Å². The van der Waals surface area contributed by atoms with Crippen molar-refractivity contribution in [2.75, 3.05) is 36.0 Å². The molecule has 2 aromatic carbocycles. The van der Waals surface area contributed by atoms with Crippen LogP contribution in [0.25, 0.3) is 11.1 Å². The molecular formula is C25H30N2O. The van der Waals surface area contributed by atoms with Crippen LogP contribution in [0, 0.1) is 0 Å². The van der Waals surface area contributed by atoms with E-state index in [9.17, 15) is 4.79 Å². The molecule has 3 nitrogen and oxygen atoms in total. The molecule has 0 amide bonds. The van der Waals surface area contributed by atoms with Gasteiger partial charge in [0, 0.05) is 48.7 Å². The van der Waals surface area contributed by atoms with Gasteiger partial charge in [0.15, 0.2) is 5.78 Å². The summed E-state index contributed by atoms with van der Waals surface area (Å²) in [6.45, 7) is 4.53. The van der Waals surface area contributed by atoms with Crippen molar-refractivity contribution < 1.29 is 4.79 Å². The molecule has 2 fully saturated rings. The molecule has 0 N–H and O–H groups in total. The van der Waals surface area contributed by atoms with Crippen LogP contribution in [0.4, 0.5) is 11.4 Å². The largest absolute Gasteiger partial charge is 0.372 e. The minimum Gasteiger partial charge on any atom is -0.372 e. The molecule has 2 aromatic rings. The van der Waals surface area contributed by atoms with E-state index in [1.54, 1.807) is 0 Å². The molecule has 5 rings (SSSR count). The molecule has 0 radical (unpaired) electrons. The Morgan fingerprint density at radius 2 is 0.893 bits per heavy atom. The number of carbonyl (C=O) groups is 1.